The first-order valence-corrected chi connectivity index (χ1v) is 19.1. The molecule has 8 aromatic carbocycles. The van der Waals surface area contributed by atoms with Gasteiger partial charge >= 0.3 is 0 Å². The second-order valence-electron chi connectivity index (χ2n) is 15.3. The minimum atomic E-state index is -0.0521. The van der Waals surface area contributed by atoms with Crippen molar-refractivity contribution in [2.24, 2.45) is 0 Å². The average Bonchev–Trinajstić information content (AvgIpc) is 3.89. The number of aryl methyl sites for hydroxylation is 3. The molecule has 4 heteroatoms. The summed E-state index contributed by atoms with van der Waals surface area (Å²) < 4.78 is 16.8. The van der Waals surface area contributed by atoms with Gasteiger partial charge in [0.1, 0.15) is 22.3 Å². The Bertz CT molecular complexity index is 3380. The molecule has 0 bridgehead atoms. The molecule has 0 saturated heterocycles. The Hall–Kier alpha value is -6.78. The number of hydrogen-bond acceptors (Lipinski definition) is 2. The molecule has 258 valence electrons. The molecule has 55 heavy (non-hydrogen) atoms. The number of nitrogens with zero attached hydrogens (tertiary/aromatic N) is 1. The fourth-order valence-corrected chi connectivity index (χ4v) is 10.2. The van der Waals surface area contributed by atoms with Crippen LogP contribution in [0.5, 0.6) is 0 Å². The van der Waals surface area contributed by atoms with E-state index >= 15 is 0 Å². The zero-order valence-corrected chi connectivity index (χ0v) is 30.8. The molecule has 11 aromatic rings. The van der Waals surface area contributed by atoms with E-state index in [9.17, 15) is 0 Å². The van der Waals surface area contributed by atoms with Crippen LogP contribution in [0.4, 0.5) is 0 Å². The van der Waals surface area contributed by atoms with Crippen molar-refractivity contribution in [2.45, 2.75) is 20.8 Å². The van der Waals surface area contributed by atoms with Crippen LogP contribution in [0.15, 0.2) is 160 Å². The Kier molecular flexibility index (Phi) is 6.20. The summed E-state index contributed by atoms with van der Waals surface area (Å²) in [4.78, 5) is 0. The Labute approximate surface area is 318 Å². The first kappa shape index (κ1) is 30.7. The molecule has 12 rings (SSSR count). The lowest BCUT2D eigenvalue weighted by Crippen LogP contribution is -2.58. The van der Waals surface area contributed by atoms with Crippen LogP contribution >= 0.6 is 0 Å². The molecule has 0 aliphatic carbocycles. The average molecular weight is 704 g/mol. The Balaban J connectivity index is 1.43. The minimum absolute atomic E-state index is 0.0521. The summed E-state index contributed by atoms with van der Waals surface area (Å²) in [5.74, 6) is 0. The molecule has 0 fully saturated rings. The largest absolute Gasteiger partial charge is 0.455 e. The van der Waals surface area contributed by atoms with Crippen LogP contribution in [0.25, 0.3) is 93.6 Å². The van der Waals surface area contributed by atoms with Crippen molar-refractivity contribution in [1.29, 1.82) is 0 Å². The Morgan fingerprint density at radius 1 is 0.491 bits per heavy atom. The van der Waals surface area contributed by atoms with E-state index in [1.54, 1.807) is 0 Å². The highest BCUT2D eigenvalue weighted by Gasteiger charge is 2.40. The summed E-state index contributed by atoms with van der Waals surface area (Å²) in [7, 11) is 0. The van der Waals surface area contributed by atoms with Crippen LogP contribution in [0.1, 0.15) is 16.7 Å². The predicted octanol–water partition coefficient (Wildman–Crippen LogP) is 11.7. The van der Waals surface area contributed by atoms with Gasteiger partial charge in [-0.05, 0) is 72.7 Å². The highest BCUT2D eigenvalue weighted by molar-refractivity contribution is 6.99. The van der Waals surface area contributed by atoms with Crippen LogP contribution < -0.4 is 16.4 Å². The second-order valence-corrected chi connectivity index (χ2v) is 15.3. The van der Waals surface area contributed by atoms with Crippen molar-refractivity contribution in [2.75, 3.05) is 0 Å². The van der Waals surface area contributed by atoms with Crippen LogP contribution in [0.2, 0.25) is 0 Å². The third-order valence-corrected chi connectivity index (χ3v) is 12.1. The number of aromatic nitrogens is 1. The lowest BCUT2D eigenvalue weighted by molar-refractivity contribution is 0.670. The van der Waals surface area contributed by atoms with Gasteiger partial charge in [0.15, 0.2) is 0 Å². The Morgan fingerprint density at radius 3 is 1.78 bits per heavy atom. The van der Waals surface area contributed by atoms with Crippen molar-refractivity contribution in [3.05, 3.63) is 168 Å². The molecule has 3 aromatic heterocycles. The SMILES string of the molecule is Cc1cc(C)c(B2c3ccccc3-n3c4cc(-c5ccccc5)c5c6ccccc6oc5c4c4c5c(oc6ccccc65)c(-c5ccccc5)c2c43)c(C)c1. The van der Waals surface area contributed by atoms with Gasteiger partial charge in [-0.15, -0.1) is 0 Å². The fourth-order valence-electron chi connectivity index (χ4n) is 10.2. The van der Waals surface area contributed by atoms with Gasteiger partial charge < -0.3 is 13.4 Å². The number of furan rings is 2. The number of rotatable bonds is 3. The van der Waals surface area contributed by atoms with Crippen LogP contribution in [0, 0.1) is 20.8 Å². The van der Waals surface area contributed by atoms with Gasteiger partial charge in [-0.1, -0.05) is 150 Å². The first-order valence-electron chi connectivity index (χ1n) is 19.1. The maximum atomic E-state index is 7.15. The topological polar surface area (TPSA) is 31.2 Å². The van der Waals surface area contributed by atoms with E-state index in [2.05, 4.69) is 177 Å². The molecule has 0 N–H and O–H groups in total. The van der Waals surface area contributed by atoms with Gasteiger partial charge in [0.25, 0.3) is 0 Å². The molecule has 0 spiro atoms. The molecular formula is C51H34BNO2. The second kappa shape index (κ2) is 11.1. The van der Waals surface area contributed by atoms with Gasteiger partial charge in [0, 0.05) is 38.2 Å². The van der Waals surface area contributed by atoms with Gasteiger partial charge in [-0.25, -0.2) is 0 Å². The smallest absolute Gasteiger partial charge is 0.248 e. The van der Waals surface area contributed by atoms with Crippen LogP contribution in [-0.2, 0) is 0 Å². The van der Waals surface area contributed by atoms with E-state index in [1.165, 1.54) is 49.7 Å². The van der Waals surface area contributed by atoms with E-state index in [0.717, 1.165) is 77.0 Å². The predicted molar refractivity (Wildman–Crippen MR) is 232 cm³/mol. The van der Waals surface area contributed by atoms with Gasteiger partial charge in [-0.2, -0.15) is 0 Å². The van der Waals surface area contributed by atoms with E-state index in [-0.39, 0.29) is 6.71 Å². The maximum absolute atomic E-state index is 7.15. The Morgan fingerprint density at radius 2 is 1.07 bits per heavy atom. The lowest BCUT2D eigenvalue weighted by atomic mass is 9.33. The van der Waals surface area contributed by atoms with E-state index in [4.69, 9.17) is 8.83 Å². The summed E-state index contributed by atoms with van der Waals surface area (Å²) >= 11 is 0. The lowest BCUT2D eigenvalue weighted by Gasteiger charge is -2.31. The molecule has 0 amide bonds. The third kappa shape index (κ3) is 4.06. The molecule has 1 aliphatic rings. The molecule has 1 aliphatic heterocycles. The molecule has 4 heterocycles. The maximum Gasteiger partial charge on any atom is 0.248 e. The summed E-state index contributed by atoms with van der Waals surface area (Å²) in [5, 5.41) is 6.78. The van der Waals surface area contributed by atoms with E-state index in [1.807, 2.05) is 0 Å². The highest BCUT2D eigenvalue weighted by atomic mass is 16.3. The summed E-state index contributed by atoms with van der Waals surface area (Å²) in [5.41, 5.74) is 19.5. The number of hydrogen-bond donors (Lipinski definition) is 0. The highest BCUT2D eigenvalue weighted by Crippen LogP contribution is 2.50. The molecular weight excluding hydrogens is 669 g/mol. The molecule has 0 saturated carbocycles. The summed E-state index contributed by atoms with van der Waals surface area (Å²) in [6, 6.07) is 54.9. The van der Waals surface area contributed by atoms with Crippen LogP contribution in [0.3, 0.4) is 0 Å². The molecule has 0 atom stereocenters. The molecule has 0 radical (unpaired) electrons. The molecule has 3 nitrogen and oxygen atoms in total. The van der Waals surface area contributed by atoms with Gasteiger partial charge in [0.05, 0.1) is 16.4 Å². The normalized spacial score (nSPS) is 12.6. The quantitative estimate of drug-likeness (QED) is 0.172. The van der Waals surface area contributed by atoms with Gasteiger partial charge in [0.2, 0.25) is 6.71 Å². The van der Waals surface area contributed by atoms with E-state index < -0.39 is 0 Å². The van der Waals surface area contributed by atoms with Gasteiger partial charge in [-0.3, -0.25) is 0 Å². The number of benzene rings is 8. The zero-order chi connectivity index (χ0) is 36.5. The number of fused-ring (bicyclic) bond motifs is 13. The summed E-state index contributed by atoms with van der Waals surface area (Å²) in [6.45, 7) is 6.72. The van der Waals surface area contributed by atoms with E-state index in [0.29, 0.717) is 0 Å². The standard InChI is InChI=1S/C51H34BNO2/c1-29-26-30(2)47(31(3)27-29)52-37-22-12-13-23-38(37)53-39-28-36(32-16-6-4-7-17-32)43-34-20-10-14-24-40(34)55-51(43)45(39)46-44-35-21-11-15-25-41(35)54-50(44)42(48(52)49(46)53)33-18-8-5-9-19-33/h4-28H,1-3H3. The van der Waals surface area contributed by atoms with Crippen LogP contribution in [-0.4, -0.2) is 11.3 Å². The van der Waals surface area contributed by atoms with Crippen molar-refractivity contribution in [1.82, 2.24) is 4.57 Å². The van der Waals surface area contributed by atoms with Crippen molar-refractivity contribution >= 4 is 88.8 Å². The third-order valence-electron chi connectivity index (χ3n) is 12.1. The zero-order valence-electron chi connectivity index (χ0n) is 30.8. The van der Waals surface area contributed by atoms with Crippen molar-refractivity contribution in [3.8, 4) is 27.9 Å². The fraction of sp³-hybridized carbons (Fsp3) is 0.0588. The monoisotopic (exact) mass is 703 g/mol. The molecule has 0 unspecified atom stereocenters. The minimum Gasteiger partial charge on any atom is -0.455 e. The first-order chi connectivity index (χ1) is 27.1. The van der Waals surface area contributed by atoms with Crippen molar-refractivity contribution < 1.29 is 8.83 Å². The van der Waals surface area contributed by atoms with Crippen molar-refractivity contribution in [3.63, 3.8) is 0 Å². The number of para-hydroxylation sites is 3. The summed E-state index contributed by atoms with van der Waals surface area (Å²) in [6.07, 6.45) is 0.